The fraction of sp³-hybridized carbons (Fsp3) is 0.250. The summed E-state index contributed by atoms with van der Waals surface area (Å²) in [6, 6.07) is 9.45. The van der Waals surface area contributed by atoms with Gasteiger partial charge in [-0.3, -0.25) is 9.52 Å². The Labute approximate surface area is 156 Å². The molecule has 25 heavy (non-hydrogen) atoms. The normalized spacial score (nSPS) is 11.2. The lowest BCUT2D eigenvalue weighted by atomic mass is 10.2. The van der Waals surface area contributed by atoms with Crippen molar-refractivity contribution in [3.05, 3.63) is 52.3 Å². The minimum absolute atomic E-state index is 0.0486. The maximum absolute atomic E-state index is 12.5. The van der Waals surface area contributed by atoms with Crippen molar-refractivity contribution in [1.29, 1.82) is 0 Å². The Balaban J connectivity index is 2.25. The summed E-state index contributed by atoms with van der Waals surface area (Å²) in [6.07, 6.45) is 0. The van der Waals surface area contributed by atoms with Crippen LogP contribution in [0.15, 0.2) is 41.3 Å². The number of pyridine rings is 1. The number of amides is 1. The molecular weight excluding hydrogens is 385 g/mol. The summed E-state index contributed by atoms with van der Waals surface area (Å²) in [5, 5.41) is -0.0975. The van der Waals surface area contributed by atoms with Crippen LogP contribution >= 0.6 is 23.2 Å². The topological polar surface area (TPSA) is 79.4 Å². The summed E-state index contributed by atoms with van der Waals surface area (Å²) in [6.45, 7) is 4.33. The van der Waals surface area contributed by atoms with Crippen LogP contribution in [0.4, 0.5) is 5.69 Å². The SMILES string of the molecule is CCN(Cc1cccc(NS(=O)(=O)c2ccc(Cl)nc2Cl)c1)C(C)=O. The van der Waals surface area contributed by atoms with Crippen LogP contribution in [0.3, 0.4) is 0 Å². The van der Waals surface area contributed by atoms with Crippen LogP contribution in [0, 0.1) is 0 Å². The van der Waals surface area contributed by atoms with E-state index in [-0.39, 0.29) is 21.1 Å². The van der Waals surface area contributed by atoms with E-state index in [4.69, 9.17) is 23.2 Å². The van der Waals surface area contributed by atoms with Crippen molar-refractivity contribution in [1.82, 2.24) is 9.88 Å². The molecule has 0 bridgehead atoms. The van der Waals surface area contributed by atoms with E-state index in [0.29, 0.717) is 18.8 Å². The summed E-state index contributed by atoms with van der Waals surface area (Å²) in [5.74, 6) is -0.0486. The van der Waals surface area contributed by atoms with Crippen molar-refractivity contribution >= 4 is 44.8 Å². The molecule has 0 unspecified atom stereocenters. The molecule has 1 amide bonds. The lowest BCUT2D eigenvalue weighted by Gasteiger charge is -2.19. The number of carbonyl (C=O) groups is 1. The van der Waals surface area contributed by atoms with Crippen molar-refractivity contribution in [3.8, 4) is 0 Å². The Morgan fingerprint density at radius 1 is 1.24 bits per heavy atom. The van der Waals surface area contributed by atoms with Gasteiger partial charge in [-0.2, -0.15) is 0 Å². The first-order valence-electron chi connectivity index (χ1n) is 7.42. The lowest BCUT2D eigenvalue weighted by Crippen LogP contribution is -2.27. The first-order valence-corrected chi connectivity index (χ1v) is 9.66. The Bertz CT molecular complexity index is 888. The Morgan fingerprint density at radius 2 is 1.96 bits per heavy atom. The number of anilines is 1. The van der Waals surface area contributed by atoms with Gasteiger partial charge in [0.2, 0.25) is 5.91 Å². The molecule has 6 nitrogen and oxygen atoms in total. The van der Waals surface area contributed by atoms with Crippen molar-refractivity contribution in [3.63, 3.8) is 0 Å². The molecule has 0 atom stereocenters. The molecule has 9 heteroatoms. The molecule has 0 aliphatic rings. The highest BCUT2D eigenvalue weighted by atomic mass is 35.5. The number of benzene rings is 1. The van der Waals surface area contributed by atoms with Gasteiger partial charge in [0.25, 0.3) is 10.0 Å². The largest absolute Gasteiger partial charge is 0.339 e. The first kappa shape index (κ1) is 19.5. The van der Waals surface area contributed by atoms with E-state index in [0.717, 1.165) is 5.56 Å². The molecule has 1 N–H and O–H groups in total. The van der Waals surface area contributed by atoms with E-state index in [2.05, 4.69) is 9.71 Å². The lowest BCUT2D eigenvalue weighted by molar-refractivity contribution is -0.129. The second kappa shape index (κ2) is 8.03. The van der Waals surface area contributed by atoms with Crippen LogP contribution in [-0.2, 0) is 21.4 Å². The third-order valence-electron chi connectivity index (χ3n) is 3.45. The van der Waals surface area contributed by atoms with E-state index >= 15 is 0 Å². The van der Waals surface area contributed by atoms with Crippen molar-refractivity contribution < 1.29 is 13.2 Å². The number of halogens is 2. The first-order chi connectivity index (χ1) is 11.7. The number of rotatable bonds is 6. The number of nitrogens with one attached hydrogen (secondary N) is 1. The minimum Gasteiger partial charge on any atom is -0.339 e. The van der Waals surface area contributed by atoms with Crippen LogP contribution in [0.5, 0.6) is 0 Å². The zero-order chi connectivity index (χ0) is 18.6. The minimum atomic E-state index is -3.91. The second-order valence-electron chi connectivity index (χ2n) is 5.26. The van der Waals surface area contributed by atoms with Gasteiger partial charge in [0.1, 0.15) is 10.0 Å². The Morgan fingerprint density at radius 3 is 2.56 bits per heavy atom. The summed E-state index contributed by atoms with van der Waals surface area (Å²) in [5.41, 5.74) is 1.17. The maximum atomic E-state index is 12.5. The monoisotopic (exact) mass is 401 g/mol. The van der Waals surface area contributed by atoms with Gasteiger partial charge in [-0.15, -0.1) is 0 Å². The van der Waals surface area contributed by atoms with E-state index in [1.54, 1.807) is 23.1 Å². The van der Waals surface area contributed by atoms with Gasteiger partial charge in [-0.25, -0.2) is 13.4 Å². The quantitative estimate of drug-likeness (QED) is 0.750. The number of hydrogen-bond donors (Lipinski definition) is 1. The number of carbonyl (C=O) groups excluding carboxylic acids is 1. The molecule has 1 aromatic heterocycles. The fourth-order valence-corrected chi connectivity index (χ4v) is 3.92. The predicted molar refractivity (Wildman–Crippen MR) is 98.3 cm³/mol. The molecule has 0 saturated carbocycles. The number of sulfonamides is 1. The van der Waals surface area contributed by atoms with E-state index in [9.17, 15) is 13.2 Å². The van der Waals surface area contributed by atoms with Gasteiger partial charge in [0.15, 0.2) is 5.15 Å². The molecule has 1 aromatic carbocycles. The average Bonchev–Trinajstić information content (AvgIpc) is 2.51. The van der Waals surface area contributed by atoms with Gasteiger partial charge in [0.05, 0.1) is 0 Å². The zero-order valence-corrected chi connectivity index (χ0v) is 16.0. The molecule has 0 aliphatic heterocycles. The number of aromatic nitrogens is 1. The molecular formula is C16H17Cl2N3O3S. The highest BCUT2D eigenvalue weighted by Gasteiger charge is 2.19. The molecule has 0 aliphatic carbocycles. The summed E-state index contributed by atoms with van der Waals surface area (Å²) < 4.78 is 27.4. The second-order valence-corrected chi connectivity index (χ2v) is 7.66. The highest BCUT2D eigenvalue weighted by molar-refractivity contribution is 7.92. The van der Waals surface area contributed by atoms with E-state index in [1.165, 1.54) is 19.1 Å². The Hall–Kier alpha value is -1.83. The average molecular weight is 402 g/mol. The van der Waals surface area contributed by atoms with Crippen LogP contribution in [-0.4, -0.2) is 30.8 Å². The molecule has 0 radical (unpaired) electrons. The molecule has 0 saturated heterocycles. The zero-order valence-electron chi connectivity index (χ0n) is 13.7. The molecule has 1 heterocycles. The van der Waals surface area contributed by atoms with E-state index < -0.39 is 10.0 Å². The smallest absolute Gasteiger partial charge is 0.264 e. The van der Waals surface area contributed by atoms with Crippen molar-refractivity contribution in [2.24, 2.45) is 0 Å². The summed E-state index contributed by atoms with van der Waals surface area (Å²) in [4.78, 5) is 16.7. The molecule has 0 fully saturated rings. The number of hydrogen-bond acceptors (Lipinski definition) is 4. The molecule has 2 aromatic rings. The van der Waals surface area contributed by atoms with E-state index in [1.807, 2.05) is 13.0 Å². The molecule has 134 valence electrons. The molecule has 2 rings (SSSR count). The third kappa shape index (κ3) is 5.07. The number of nitrogens with zero attached hydrogens (tertiary/aromatic N) is 2. The summed E-state index contributed by atoms with van der Waals surface area (Å²) in [7, 11) is -3.91. The molecule has 0 spiro atoms. The van der Waals surface area contributed by atoms with Gasteiger partial charge >= 0.3 is 0 Å². The predicted octanol–water partition coefficient (Wildman–Crippen LogP) is 3.56. The van der Waals surface area contributed by atoms with Crippen molar-refractivity contribution in [2.45, 2.75) is 25.3 Å². The van der Waals surface area contributed by atoms with Crippen LogP contribution in [0.2, 0.25) is 10.3 Å². The van der Waals surface area contributed by atoms with Gasteiger partial charge in [0, 0.05) is 25.7 Å². The van der Waals surface area contributed by atoms with Gasteiger partial charge in [-0.1, -0.05) is 35.3 Å². The fourth-order valence-electron chi connectivity index (χ4n) is 2.21. The third-order valence-corrected chi connectivity index (χ3v) is 5.47. The van der Waals surface area contributed by atoms with Crippen LogP contribution < -0.4 is 4.72 Å². The van der Waals surface area contributed by atoms with Gasteiger partial charge < -0.3 is 4.90 Å². The van der Waals surface area contributed by atoms with Crippen LogP contribution in [0.25, 0.3) is 0 Å². The maximum Gasteiger partial charge on any atom is 0.264 e. The van der Waals surface area contributed by atoms with Gasteiger partial charge in [-0.05, 0) is 36.8 Å². The van der Waals surface area contributed by atoms with Crippen molar-refractivity contribution in [2.75, 3.05) is 11.3 Å². The summed E-state index contributed by atoms with van der Waals surface area (Å²) >= 11 is 11.6. The van der Waals surface area contributed by atoms with Crippen LogP contribution in [0.1, 0.15) is 19.4 Å². The highest BCUT2D eigenvalue weighted by Crippen LogP contribution is 2.24. The Kier molecular flexibility index (Phi) is 6.26. The standard InChI is InChI=1S/C16H17Cl2N3O3S/c1-3-21(11(2)22)10-12-5-4-6-13(9-12)20-25(23,24)14-7-8-15(17)19-16(14)18/h4-9,20H,3,10H2,1-2H3.